The Hall–Kier alpha value is 0.170. The molecular weight excluding hydrogens is 407 g/mol. The van der Waals surface area contributed by atoms with Crippen LogP contribution in [0.25, 0.3) is 0 Å². The van der Waals surface area contributed by atoms with Gasteiger partial charge < -0.3 is 5.11 Å². The number of fused-ring (bicyclic) bond motifs is 5. The van der Waals surface area contributed by atoms with E-state index in [1.54, 1.807) is 0 Å². The van der Waals surface area contributed by atoms with E-state index >= 15 is 0 Å². The minimum absolute atomic E-state index is 0.145. The highest BCUT2D eigenvalue weighted by Crippen LogP contribution is 2.72. The van der Waals surface area contributed by atoms with Crippen molar-refractivity contribution >= 4 is 46.4 Å². The van der Waals surface area contributed by atoms with Gasteiger partial charge in [0.1, 0.15) is 11.4 Å². The summed E-state index contributed by atoms with van der Waals surface area (Å²) in [5.74, 6) is 0.450. The second-order valence-corrected chi connectivity index (χ2v) is 11.4. The average Bonchev–Trinajstić information content (AvgIpc) is 2.88. The average molecular weight is 436 g/mol. The summed E-state index contributed by atoms with van der Waals surface area (Å²) >= 11 is 20.4. The second kappa shape index (κ2) is 6.33. The summed E-state index contributed by atoms with van der Waals surface area (Å²) < 4.78 is 0. The molecule has 0 spiro atoms. The maximum atomic E-state index is 12.6. The molecule has 0 radical (unpaired) electrons. The highest BCUT2D eigenvalue weighted by molar-refractivity contribution is 6.33. The Morgan fingerprint density at radius 3 is 2.52 bits per heavy atom. The van der Waals surface area contributed by atoms with E-state index in [0.717, 1.165) is 25.7 Å². The van der Waals surface area contributed by atoms with Crippen LogP contribution in [-0.2, 0) is 9.59 Å². The van der Waals surface area contributed by atoms with Crippen molar-refractivity contribution in [1.82, 2.24) is 0 Å². The van der Waals surface area contributed by atoms with E-state index in [1.807, 2.05) is 6.92 Å². The maximum absolute atomic E-state index is 12.6. The molecule has 0 aromatic rings. The Kier molecular flexibility index (Phi) is 4.79. The van der Waals surface area contributed by atoms with Crippen LogP contribution in [0.4, 0.5) is 0 Å². The molecule has 4 aliphatic rings. The maximum Gasteiger partial charge on any atom is 0.179 e. The number of alkyl halides is 3. The molecule has 4 aliphatic carbocycles. The minimum atomic E-state index is -1.41. The summed E-state index contributed by atoms with van der Waals surface area (Å²) in [7, 11) is 0. The zero-order valence-corrected chi connectivity index (χ0v) is 18.3. The molecule has 27 heavy (non-hydrogen) atoms. The number of carbonyl (C=O) groups excluding carboxylic acids is 2. The molecule has 3 nitrogen and oxygen atoms in total. The molecule has 4 rings (SSSR count). The van der Waals surface area contributed by atoms with Gasteiger partial charge in [0.2, 0.25) is 0 Å². The largest absolute Gasteiger partial charge is 0.381 e. The fraction of sp³-hybridized carbons (Fsp3) is 0.905. The standard InChI is InChI=1S/C21H29Cl3O3/c1-18-7-5-13(25)9-12(18)3-4-15-14-6-8-20(27,17(26)11-22)19(14,2)10-16(23)21(15,18)24/h12,14-16,27H,3-11H2,1-2H3/t12?,14-,15-,16?,18-,19-,20-,21-/m0/s1. The fourth-order valence-electron chi connectivity index (χ4n) is 7.56. The lowest BCUT2D eigenvalue weighted by Crippen LogP contribution is -2.69. The quantitative estimate of drug-likeness (QED) is 0.639. The van der Waals surface area contributed by atoms with Gasteiger partial charge in [-0.25, -0.2) is 0 Å². The number of hydrogen-bond acceptors (Lipinski definition) is 3. The lowest BCUT2D eigenvalue weighted by atomic mass is 9.43. The molecule has 1 N–H and O–H groups in total. The van der Waals surface area contributed by atoms with E-state index in [9.17, 15) is 14.7 Å². The van der Waals surface area contributed by atoms with E-state index in [0.29, 0.717) is 31.5 Å². The van der Waals surface area contributed by atoms with Gasteiger partial charge in [-0.15, -0.1) is 34.8 Å². The summed E-state index contributed by atoms with van der Waals surface area (Å²) in [6, 6.07) is 0. The molecule has 0 saturated heterocycles. The van der Waals surface area contributed by atoms with Crippen LogP contribution in [0.3, 0.4) is 0 Å². The zero-order valence-electron chi connectivity index (χ0n) is 16.1. The third-order valence-corrected chi connectivity index (χ3v) is 11.1. The fourth-order valence-corrected chi connectivity index (χ4v) is 9.10. The molecule has 0 bridgehead atoms. The number of hydrogen-bond donors (Lipinski definition) is 1. The summed E-state index contributed by atoms with van der Waals surface area (Å²) in [6.45, 7) is 4.24. The molecule has 152 valence electrons. The van der Waals surface area contributed by atoms with Gasteiger partial charge in [0.15, 0.2) is 5.78 Å². The number of rotatable bonds is 2. The summed E-state index contributed by atoms with van der Waals surface area (Å²) in [4.78, 5) is 24.0. The van der Waals surface area contributed by atoms with Crippen molar-refractivity contribution in [3.05, 3.63) is 0 Å². The van der Waals surface area contributed by atoms with E-state index in [2.05, 4.69) is 6.92 Å². The first-order chi connectivity index (χ1) is 12.5. The third-order valence-electron chi connectivity index (χ3n) is 9.25. The van der Waals surface area contributed by atoms with Crippen LogP contribution in [0.1, 0.15) is 65.2 Å². The number of halogens is 3. The van der Waals surface area contributed by atoms with E-state index in [-0.39, 0.29) is 40.2 Å². The molecule has 0 heterocycles. The molecule has 6 heteroatoms. The van der Waals surface area contributed by atoms with E-state index in [1.165, 1.54) is 0 Å². The molecule has 2 unspecified atom stereocenters. The first-order valence-corrected chi connectivity index (χ1v) is 11.6. The van der Waals surface area contributed by atoms with Crippen LogP contribution in [0, 0.1) is 28.6 Å². The van der Waals surface area contributed by atoms with Gasteiger partial charge in [0.05, 0.1) is 16.1 Å². The Morgan fingerprint density at radius 2 is 1.85 bits per heavy atom. The molecule has 0 amide bonds. The van der Waals surface area contributed by atoms with Crippen LogP contribution in [-0.4, -0.2) is 38.4 Å². The van der Waals surface area contributed by atoms with Crippen LogP contribution in [0.15, 0.2) is 0 Å². The highest BCUT2D eigenvalue weighted by atomic mass is 35.5. The Balaban J connectivity index is 1.76. The predicted octanol–water partition coefficient (Wildman–Crippen LogP) is 4.72. The van der Waals surface area contributed by atoms with Gasteiger partial charge >= 0.3 is 0 Å². The smallest absolute Gasteiger partial charge is 0.179 e. The van der Waals surface area contributed by atoms with Gasteiger partial charge in [0, 0.05) is 18.3 Å². The van der Waals surface area contributed by atoms with E-state index in [4.69, 9.17) is 34.8 Å². The van der Waals surface area contributed by atoms with Crippen LogP contribution in [0.5, 0.6) is 0 Å². The van der Waals surface area contributed by atoms with Crippen molar-refractivity contribution < 1.29 is 14.7 Å². The highest BCUT2D eigenvalue weighted by Gasteiger charge is 2.73. The number of aliphatic hydroxyl groups is 1. The van der Waals surface area contributed by atoms with E-state index < -0.39 is 15.9 Å². The first-order valence-electron chi connectivity index (χ1n) is 10.2. The van der Waals surface area contributed by atoms with Gasteiger partial charge in [-0.3, -0.25) is 9.59 Å². The Morgan fingerprint density at radius 1 is 1.15 bits per heavy atom. The first kappa shape index (κ1) is 20.4. The summed E-state index contributed by atoms with van der Waals surface area (Å²) in [5, 5.41) is 11.0. The van der Waals surface area contributed by atoms with Gasteiger partial charge in [-0.2, -0.15) is 0 Å². The molecular formula is C21H29Cl3O3. The van der Waals surface area contributed by atoms with Gasteiger partial charge in [0.25, 0.3) is 0 Å². The summed E-state index contributed by atoms with van der Waals surface area (Å²) in [5.41, 5.74) is -2.19. The van der Waals surface area contributed by atoms with Gasteiger partial charge in [-0.05, 0) is 61.7 Å². The molecule has 4 saturated carbocycles. The van der Waals surface area contributed by atoms with Gasteiger partial charge in [-0.1, -0.05) is 13.8 Å². The van der Waals surface area contributed by atoms with Crippen LogP contribution < -0.4 is 0 Å². The predicted molar refractivity (Wildman–Crippen MR) is 108 cm³/mol. The normalized spacial score (nSPS) is 54.8. The monoisotopic (exact) mass is 434 g/mol. The third kappa shape index (κ3) is 2.38. The van der Waals surface area contributed by atoms with Crippen molar-refractivity contribution in [3.63, 3.8) is 0 Å². The number of ketones is 2. The van der Waals surface area contributed by atoms with Crippen molar-refractivity contribution in [2.75, 3.05) is 5.88 Å². The number of Topliss-reactive ketones (excluding diaryl/α,β-unsaturated/α-hetero) is 2. The van der Waals surface area contributed by atoms with Crippen molar-refractivity contribution in [2.24, 2.45) is 28.6 Å². The topological polar surface area (TPSA) is 54.4 Å². The van der Waals surface area contributed by atoms with Crippen molar-refractivity contribution in [3.8, 4) is 0 Å². The number of carbonyl (C=O) groups is 2. The molecule has 4 fully saturated rings. The summed E-state index contributed by atoms with van der Waals surface area (Å²) in [6.07, 6.45) is 5.57. The van der Waals surface area contributed by atoms with Crippen molar-refractivity contribution in [2.45, 2.75) is 81.1 Å². The van der Waals surface area contributed by atoms with Crippen LogP contribution in [0.2, 0.25) is 0 Å². The zero-order chi connectivity index (χ0) is 19.8. The molecule has 8 atom stereocenters. The minimum Gasteiger partial charge on any atom is -0.381 e. The second-order valence-electron chi connectivity index (χ2n) is 9.96. The molecule has 0 aromatic carbocycles. The molecule has 0 aliphatic heterocycles. The Labute approximate surface area is 176 Å². The molecule has 0 aromatic heterocycles. The lowest BCUT2D eigenvalue weighted by Gasteiger charge is -2.66. The Bertz CT molecular complexity index is 684. The van der Waals surface area contributed by atoms with Crippen LogP contribution >= 0.6 is 34.8 Å². The van der Waals surface area contributed by atoms with Crippen molar-refractivity contribution in [1.29, 1.82) is 0 Å². The SMILES string of the molecule is C[C@]12CCC(=O)CC1CC[C@H]1[C@@H]3CC[C@](O)(C(=O)CCl)[C@@]3(C)CC(Cl)[C@@]12Cl. The lowest BCUT2D eigenvalue weighted by molar-refractivity contribution is -0.163.